The van der Waals surface area contributed by atoms with Crippen LogP contribution in [-0.2, 0) is 6.54 Å². The summed E-state index contributed by atoms with van der Waals surface area (Å²) in [5, 5.41) is 3.90. The number of nitrogens with zero attached hydrogens (tertiary/aromatic N) is 2. The molecule has 13 heavy (non-hydrogen) atoms. The Morgan fingerprint density at radius 3 is 3.23 bits per heavy atom. The van der Waals surface area contributed by atoms with Gasteiger partial charge < -0.3 is 4.57 Å². The van der Waals surface area contributed by atoms with Crippen molar-refractivity contribution in [2.45, 2.75) is 31.8 Å². The van der Waals surface area contributed by atoms with E-state index < -0.39 is 0 Å². The maximum atomic E-state index is 4.38. The molecule has 2 unspecified atom stereocenters. The average molecular weight is 197 g/mol. The predicted octanol–water partition coefficient (Wildman–Crippen LogP) is 1.63. The Hall–Kier alpha value is -0.480. The number of nitrogens with one attached hydrogen (secondary N) is 1. The molecular formula is C9H15N3S. The van der Waals surface area contributed by atoms with Gasteiger partial charge in [0.25, 0.3) is 0 Å². The predicted molar refractivity (Wildman–Crippen MR) is 55.7 cm³/mol. The molecule has 0 spiro atoms. The highest BCUT2D eigenvalue weighted by Gasteiger charge is 2.25. The van der Waals surface area contributed by atoms with E-state index in [2.05, 4.69) is 28.7 Å². The van der Waals surface area contributed by atoms with Gasteiger partial charge in [0, 0.05) is 30.7 Å². The Bertz CT molecular complexity index is 284. The van der Waals surface area contributed by atoms with Gasteiger partial charge in [-0.3, -0.25) is 5.32 Å². The smallest absolute Gasteiger partial charge is 0.136 e. The first-order chi connectivity index (χ1) is 6.31. The molecule has 2 heterocycles. The first kappa shape index (κ1) is 9.09. The second-order valence-electron chi connectivity index (χ2n) is 3.35. The molecule has 4 heteroatoms. The lowest BCUT2D eigenvalue weighted by atomic mass is 10.4. The van der Waals surface area contributed by atoms with E-state index >= 15 is 0 Å². The number of aryl methyl sites for hydroxylation is 1. The largest absolute Gasteiger partial charge is 0.333 e. The fourth-order valence-electron chi connectivity index (χ4n) is 1.57. The molecule has 2 rings (SSSR count). The molecule has 1 fully saturated rings. The van der Waals surface area contributed by atoms with Gasteiger partial charge in [-0.15, -0.1) is 11.8 Å². The first-order valence-corrected chi connectivity index (χ1v) is 5.75. The molecule has 0 radical (unpaired) electrons. The summed E-state index contributed by atoms with van der Waals surface area (Å²) in [5.74, 6) is 2.35. The van der Waals surface area contributed by atoms with Crippen molar-refractivity contribution in [3.8, 4) is 0 Å². The van der Waals surface area contributed by atoms with Crippen molar-refractivity contribution in [2.75, 3.05) is 5.75 Å². The van der Waals surface area contributed by atoms with Crippen molar-refractivity contribution in [3.05, 3.63) is 18.2 Å². The summed E-state index contributed by atoms with van der Waals surface area (Å²) in [6.45, 7) is 5.36. The van der Waals surface area contributed by atoms with Crippen molar-refractivity contribution in [3.63, 3.8) is 0 Å². The van der Waals surface area contributed by atoms with E-state index in [1.807, 2.05) is 24.2 Å². The molecule has 1 saturated heterocycles. The van der Waals surface area contributed by atoms with Gasteiger partial charge in [-0.25, -0.2) is 4.98 Å². The number of rotatable bonds is 2. The second kappa shape index (κ2) is 3.72. The van der Waals surface area contributed by atoms with Crippen LogP contribution in [0, 0.1) is 0 Å². The summed E-state index contributed by atoms with van der Waals surface area (Å²) in [7, 11) is 0. The minimum atomic E-state index is 0.393. The van der Waals surface area contributed by atoms with Crippen LogP contribution >= 0.6 is 11.8 Å². The molecule has 0 amide bonds. The topological polar surface area (TPSA) is 29.9 Å². The van der Waals surface area contributed by atoms with Gasteiger partial charge in [-0.1, -0.05) is 0 Å². The number of aromatic nitrogens is 2. The lowest BCUT2D eigenvalue weighted by Gasteiger charge is -2.11. The fraction of sp³-hybridized carbons (Fsp3) is 0.667. The number of imidazole rings is 1. The van der Waals surface area contributed by atoms with Gasteiger partial charge in [-0.05, 0) is 13.8 Å². The first-order valence-electron chi connectivity index (χ1n) is 4.70. The van der Waals surface area contributed by atoms with Gasteiger partial charge in [0.15, 0.2) is 0 Å². The molecule has 0 saturated carbocycles. The minimum Gasteiger partial charge on any atom is -0.333 e. The molecule has 1 N–H and O–H groups in total. The SMILES string of the molecule is CCn1ccnc1C1NC(C)CS1. The standard InChI is InChI=1S/C9H15N3S/c1-3-12-5-4-10-8(12)9-11-7(2)6-13-9/h4-5,7,9,11H,3,6H2,1-2H3. The van der Waals surface area contributed by atoms with E-state index in [-0.39, 0.29) is 0 Å². The van der Waals surface area contributed by atoms with Crippen LogP contribution in [0.4, 0.5) is 0 Å². The molecule has 1 aromatic heterocycles. The fourth-order valence-corrected chi connectivity index (χ4v) is 2.82. The van der Waals surface area contributed by atoms with E-state index in [0.29, 0.717) is 11.4 Å². The second-order valence-corrected chi connectivity index (χ2v) is 4.49. The van der Waals surface area contributed by atoms with Crippen molar-refractivity contribution < 1.29 is 0 Å². The lowest BCUT2D eigenvalue weighted by molar-refractivity contribution is 0.572. The molecule has 0 bridgehead atoms. The van der Waals surface area contributed by atoms with Crippen LogP contribution in [0.15, 0.2) is 12.4 Å². The van der Waals surface area contributed by atoms with Gasteiger partial charge in [0.1, 0.15) is 11.2 Å². The maximum Gasteiger partial charge on any atom is 0.136 e. The summed E-state index contributed by atoms with van der Waals surface area (Å²) in [6, 6.07) is 0.608. The summed E-state index contributed by atoms with van der Waals surface area (Å²) >= 11 is 1.94. The highest BCUT2D eigenvalue weighted by Crippen LogP contribution is 2.31. The van der Waals surface area contributed by atoms with Crippen LogP contribution in [0.25, 0.3) is 0 Å². The zero-order chi connectivity index (χ0) is 9.26. The van der Waals surface area contributed by atoms with Crippen LogP contribution in [0.1, 0.15) is 25.0 Å². The Morgan fingerprint density at radius 1 is 1.77 bits per heavy atom. The van der Waals surface area contributed by atoms with Crippen molar-refractivity contribution in [1.82, 2.24) is 14.9 Å². The molecule has 2 atom stereocenters. The van der Waals surface area contributed by atoms with Gasteiger partial charge in [0.2, 0.25) is 0 Å². The van der Waals surface area contributed by atoms with E-state index in [9.17, 15) is 0 Å². The molecule has 0 aliphatic carbocycles. The Balaban J connectivity index is 2.16. The van der Waals surface area contributed by atoms with E-state index in [1.165, 1.54) is 5.75 Å². The van der Waals surface area contributed by atoms with Crippen LogP contribution in [0.2, 0.25) is 0 Å². The molecule has 1 aromatic rings. The highest BCUT2D eigenvalue weighted by atomic mass is 32.2. The molecular weight excluding hydrogens is 182 g/mol. The number of hydrogen-bond donors (Lipinski definition) is 1. The molecule has 0 aromatic carbocycles. The molecule has 3 nitrogen and oxygen atoms in total. The Labute approximate surface area is 82.9 Å². The van der Waals surface area contributed by atoms with E-state index in [1.54, 1.807) is 0 Å². The van der Waals surface area contributed by atoms with E-state index in [4.69, 9.17) is 0 Å². The highest BCUT2D eigenvalue weighted by molar-refractivity contribution is 7.99. The van der Waals surface area contributed by atoms with Gasteiger partial charge in [-0.2, -0.15) is 0 Å². The third kappa shape index (κ3) is 1.74. The third-order valence-corrected chi connectivity index (χ3v) is 3.64. The number of hydrogen-bond acceptors (Lipinski definition) is 3. The van der Waals surface area contributed by atoms with Gasteiger partial charge >= 0.3 is 0 Å². The Kier molecular flexibility index (Phi) is 2.60. The van der Waals surface area contributed by atoms with Crippen LogP contribution in [0.3, 0.4) is 0 Å². The molecule has 1 aliphatic rings. The maximum absolute atomic E-state index is 4.38. The summed E-state index contributed by atoms with van der Waals surface area (Å²) in [5.41, 5.74) is 0. The van der Waals surface area contributed by atoms with Crippen LogP contribution < -0.4 is 5.32 Å². The lowest BCUT2D eigenvalue weighted by Crippen LogP contribution is -2.23. The average Bonchev–Trinajstić information content (AvgIpc) is 2.71. The number of thioether (sulfide) groups is 1. The molecule has 72 valence electrons. The van der Waals surface area contributed by atoms with Crippen molar-refractivity contribution in [2.24, 2.45) is 0 Å². The van der Waals surface area contributed by atoms with Crippen LogP contribution in [0.5, 0.6) is 0 Å². The van der Waals surface area contributed by atoms with Gasteiger partial charge in [0.05, 0.1) is 0 Å². The van der Waals surface area contributed by atoms with Crippen molar-refractivity contribution >= 4 is 11.8 Å². The zero-order valence-electron chi connectivity index (χ0n) is 8.03. The quantitative estimate of drug-likeness (QED) is 0.781. The summed E-state index contributed by atoms with van der Waals surface area (Å²) < 4.78 is 2.20. The monoisotopic (exact) mass is 197 g/mol. The summed E-state index contributed by atoms with van der Waals surface area (Å²) in [4.78, 5) is 4.38. The third-order valence-electron chi connectivity index (χ3n) is 2.27. The van der Waals surface area contributed by atoms with E-state index in [0.717, 1.165) is 12.4 Å². The Morgan fingerprint density at radius 2 is 2.62 bits per heavy atom. The van der Waals surface area contributed by atoms with Crippen molar-refractivity contribution in [1.29, 1.82) is 0 Å². The zero-order valence-corrected chi connectivity index (χ0v) is 8.84. The molecule has 1 aliphatic heterocycles. The minimum absolute atomic E-state index is 0.393. The normalized spacial score (nSPS) is 28.2. The summed E-state index contributed by atoms with van der Waals surface area (Å²) in [6.07, 6.45) is 3.92. The van der Waals surface area contributed by atoms with Crippen LogP contribution in [-0.4, -0.2) is 21.3 Å².